The molecule has 0 atom stereocenters. The minimum atomic E-state index is -3.70. The standard InChI is InChI=1S/C14H15BrN2O2S/c1-17(2)11-5-3-10(4-6-11)13-9-12(20(16,18)19)7-8-14(13)15/h3-9H,1-2H3,(H2,16,18,19). The van der Waals surface area contributed by atoms with E-state index in [1.54, 1.807) is 12.1 Å². The van der Waals surface area contributed by atoms with Gasteiger partial charge >= 0.3 is 0 Å². The monoisotopic (exact) mass is 354 g/mol. The maximum atomic E-state index is 11.4. The van der Waals surface area contributed by atoms with Crippen molar-refractivity contribution in [1.82, 2.24) is 0 Å². The molecule has 0 saturated heterocycles. The first-order valence-electron chi connectivity index (χ1n) is 5.89. The molecule has 0 bridgehead atoms. The fourth-order valence-electron chi connectivity index (χ4n) is 1.84. The summed E-state index contributed by atoms with van der Waals surface area (Å²) < 4.78 is 23.7. The molecule has 0 radical (unpaired) electrons. The Morgan fingerprint density at radius 3 is 2.15 bits per heavy atom. The first-order valence-corrected chi connectivity index (χ1v) is 8.23. The molecule has 6 heteroatoms. The zero-order chi connectivity index (χ0) is 14.9. The summed E-state index contributed by atoms with van der Waals surface area (Å²) >= 11 is 3.44. The van der Waals surface area contributed by atoms with Crippen LogP contribution in [0.4, 0.5) is 5.69 Å². The fraction of sp³-hybridized carbons (Fsp3) is 0.143. The van der Waals surface area contributed by atoms with Crippen molar-refractivity contribution in [1.29, 1.82) is 0 Å². The summed E-state index contributed by atoms with van der Waals surface area (Å²) in [6.07, 6.45) is 0. The van der Waals surface area contributed by atoms with Gasteiger partial charge in [0.25, 0.3) is 0 Å². The molecule has 0 fully saturated rings. The van der Waals surface area contributed by atoms with E-state index in [1.807, 2.05) is 43.3 Å². The second kappa shape index (κ2) is 5.55. The average Bonchev–Trinajstić information content (AvgIpc) is 2.38. The summed E-state index contributed by atoms with van der Waals surface area (Å²) in [4.78, 5) is 2.10. The van der Waals surface area contributed by atoms with Crippen molar-refractivity contribution in [2.75, 3.05) is 19.0 Å². The maximum Gasteiger partial charge on any atom is 0.238 e. The summed E-state index contributed by atoms with van der Waals surface area (Å²) in [6.45, 7) is 0. The fourth-order valence-corrected chi connectivity index (χ4v) is 2.86. The third-order valence-corrected chi connectivity index (χ3v) is 4.56. The third-order valence-electron chi connectivity index (χ3n) is 2.96. The lowest BCUT2D eigenvalue weighted by Crippen LogP contribution is -2.12. The Morgan fingerprint density at radius 1 is 1.05 bits per heavy atom. The molecule has 0 saturated carbocycles. The van der Waals surface area contributed by atoms with Gasteiger partial charge in [0.05, 0.1) is 4.90 Å². The Hall–Kier alpha value is -1.37. The van der Waals surface area contributed by atoms with Gasteiger partial charge in [-0.05, 0) is 41.5 Å². The molecule has 0 aliphatic carbocycles. The van der Waals surface area contributed by atoms with Crippen LogP contribution in [-0.4, -0.2) is 22.5 Å². The lowest BCUT2D eigenvalue weighted by molar-refractivity contribution is 0.598. The van der Waals surface area contributed by atoms with Gasteiger partial charge in [-0.15, -0.1) is 0 Å². The summed E-state index contributed by atoms with van der Waals surface area (Å²) in [7, 11) is 0.229. The maximum absolute atomic E-state index is 11.4. The highest BCUT2D eigenvalue weighted by Gasteiger charge is 2.11. The van der Waals surface area contributed by atoms with Crippen LogP contribution in [0.25, 0.3) is 11.1 Å². The number of benzene rings is 2. The van der Waals surface area contributed by atoms with Gasteiger partial charge in [0, 0.05) is 24.3 Å². The van der Waals surface area contributed by atoms with E-state index in [1.165, 1.54) is 6.07 Å². The van der Waals surface area contributed by atoms with Gasteiger partial charge in [0.1, 0.15) is 0 Å². The number of nitrogens with two attached hydrogens (primary N) is 1. The Kier molecular flexibility index (Phi) is 4.17. The minimum absolute atomic E-state index is 0.104. The molecule has 4 nitrogen and oxygen atoms in total. The van der Waals surface area contributed by atoms with Crippen LogP contribution in [0.1, 0.15) is 0 Å². The number of hydrogen-bond acceptors (Lipinski definition) is 3. The van der Waals surface area contributed by atoms with Crippen LogP contribution in [0.3, 0.4) is 0 Å². The topological polar surface area (TPSA) is 63.4 Å². The minimum Gasteiger partial charge on any atom is -0.378 e. The predicted octanol–water partition coefficient (Wildman–Crippen LogP) is 2.83. The SMILES string of the molecule is CN(C)c1ccc(-c2cc(S(N)(=O)=O)ccc2Br)cc1. The first-order chi connectivity index (χ1) is 9.29. The number of halogens is 1. The Balaban J connectivity index is 2.52. The Labute approximate surface area is 127 Å². The average molecular weight is 355 g/mol. The molecule has 20 heavy (non-hydrogen) atoms. The van der Waals surface area contributed by atoms with Crippen molar-refractivity contribution in [2.24, 2.45) is 5.14 Å². The lowest BCUT2D eigenvalue weighted by atomic mass is 10.1. The molecule has 0 unspecified atom stereocenters. The van der Waals surface area contributed by atoms with Crippen molar-refractivity contribution < 1.29 is 8.42 Å². The van der Waals surface area contributed by atoms with Gasteiger partial charge in [-0.25, -0.2) is 13.6 Å². The zero-order valence-corrected chi connectivity index (χ0v) is 13.6. The predicted molar refractivity (Wildman–Crippen MR) is 85.3 cm³/mol. The lowest BCUT2D eigenvalue weighted by Gasteiger charge is -2.13. The zero-order valence-electron chi connectivity index (χ0n) is 11.2. The molecule has 2 aromatic carbocycles. The number of anilines is 1. The van der Waals surface area contributed by atoms with Gasteiger partial charge in [0.2, 0.25) is 10.0 Å². The van der Waals surface area contributed by atoms with Gasteiger partial charge in [-0.1, -0.05) is 28.1 Å². The molecule has 0 heterocycles. The Morgan fingerprint density at radius 2 is 1.65 bits per heavy atom. The van der Waals surface area contributed by atoms with Crippen LogP contribution in [0.15, 0.2) is 51.8 Å². The molecule has 0 aliphatic rings. The molecule has 0 aromatic heterocycles. The van der Waals surface area contributed by atoms with E-state index in [2.05, 4.69) is 15.9 Å². The second-order valence-corrected chi connectivity index (χ2v) is 7.04. The molecule has 2 rings (SSSR count). The number of hydrogen-bond donors (Lipinski definition) is 1. The molecular weight excluding hydrogens is 340 g/mol. The van der Waals surface area contributed by atoms with E-state index >= 15 is 0 Å². The Bertz CT molecular complexity index is 725. The van der Waals surface area contributed by atoms with Gasteiger partial charge < -0.3 is 4.90 Å². The van der Waals surface area contributed by atoms with Gasteiger partial charge in [-0.3, -0.25) is 0 Å². The molecule has 0 aliphatic heterocycles. The van der Waals surface area contributed by atoms with Crippen LogP contribution in [0.2, 0.25) is 0 Å². The van der Waals surface area contributed by atoms with Crippen LogP contribution in [0.5, 0.6) is 0 Å². The highest BCUT2D eigenvalue weighted by Crippen LogP contribution is 2.31. The number of rotatable bonds is 3. The van der Waals surface area contributed by atoms with Crippen molar-refractivity contribution in [2.45, 2.75) is 4.90 Å². The van der Waals surface area contributed by atoms with E-state index in [4.69, 9.17) is 5.14 Å². The van der Waals surface area contributed by atoms with Crippen LogP contribution in [0, 0.1) is 0 Å². The smallest absolute Gasteiger partial charge is 0.238 e. The van der Waals surface area contributed by atoms with Crippen LogP contribution >= 0.6 is 15.9 Å². The summed E-state index contributed by atoms with van der Waals surface area (Å²) in [5.74, 6) is 0. The van der Waals surface area contributed by atoms with Crippen molar-refractivity contribution >= 4 is 31.6 Å². The molecular formula is C14H15BrN2O2S. The van der Waals surface area contributed by atoms with Crippen molar-refractivity contribution in [3.8, 4) is 11.1 Å². The van der Waals surface area contributed by atoms with E-state index in [0.29, 0.717) is 0 Å². The highest BCUT2D eigenvalue weighted by molar-refractivity contribution is 9.10. The van der Waals surface area contributed by atoms with E-state index in [-0.39, 0.29) is 4.90 Å². The molecule has 106 valence electrons. The van der Waals surface area contributed by atoms with E-state index in [9.17, 15) is 8.42 Å². The number of sulfonamides is 1. The molecule has 0 spiro atoms. The summed E-state index contributed by atoms with van der Waals surface area (Å²) in [5.41, 5.74) is 2.79. The van der Waals surface area contributed by atoms with Crippen molar-refractivity contribution in [3.63, 3.8) is 0 Å². The van der Waals surface area contributed by atoms with Gasteiger partial charge in [-0.2, -0.15) is 0 Å². The van der Waals surface area contributed by atoms with Gasteiger partial charge in [0.15, 0.2) is 0 Å². The largest absolute Gasteiger partial charge is 0.378 e. The number of nitrogens with zero attached hydrogens (tertiary/aromatic N) is 1. The normalized spacial score (nSPS) is 11.4. The summed E-state index contributed by atoms with van der Waals surface area (Å²) in [5, 5.41) is 5.17. The first kappa shape index (κ1) is 15.0. The number of primary sulfonamides is 1. The van der Waals surface area contributed by atoms with Crippen LogP contribution in [-0.2, 0) is 10.0 Å². The van der Waals surface area contributed by atoms with Crippen molar-refractivity contribution in [3.05, 3.63) is 46.9 Å². The molecule has 2 aromatic rings. The summed E-state index contributed by atoms with van der Waals surface area (Å²) in [6, 6.07) is 12.6. The van der Waals surface area contributed by atoms with E-state index in [0.717, 1.165) is 21.3 Å². The van der Waals surface area contributed by atoms with E-state index < -0.39 is 10.0 Å². The quantitative estimate of drug-likeness (QED) is 0.921. The highest BCUT2D eigenvalue weighted by atomic mass is 79.9. The molecule has 0 amide bonds. The third kappa shape index (κ3) is 3.20. The second-order valence-electron chi connectivity index (χ2n) is 4.63. The molecule has 2 N–H and O–H groups in total. The van der Waals surface area contributed by atoms with Crippen LogP contribution < -0.4 is 10.0 Å².